The minimum absolute atomic E-state index is 0.0159. The summed E-state index contributed by atoms with van der Waals surface area (Å²) in [6.07, 6.45) is 0.561. The van der Waals surface area contributed by atoms with Crippen LogP contribution >= 0.6 is 27.5 Å². The number of fused-ring (bicyclic) bond motifs is 1. The molecule has 3 aromatic carbocycles. The minimum atomic E-state index is -1.06. The average molecular weight is 513 g/mol. The van der Waals surface area contributed by atoms with Crippen LogP contribution in [0.3, 0.4) is 0 Å². The second-order valence-corrected chi connectivity index (χ2v) is 9.12. The Kier molecular flexibility index (Phi) is 6.93. The van der Waals surface area contributed by atoms with Crippen molar-refractivity contribution in [3.63, 3.8) is 0 Å². The molecule has 0 radical (unpaired) electrons. The van der Waals surface area contributed by atoms with Crippen LogP contribution in [0.2, 0.25) is 5.02 Å². The molecule has 0 spiro atoms. The number of hydroxylamine groups is 2. The van der Waals surface area contributed by atoms with Crippen molar-refractivity contribution in [2.45, 2.75) is 26.5 Å². The predicted molar refractivity (Wildman–Crippen MR) is 133 cm³/mol. The van der Waals surface area contributed by atoms with E-state index in [4.69, 9.17) is 16.3 Å². The molecule has 0 saturated carbocycles. The molecule has 1 atom stereocenters. The molecule has 1 aliphatic heterocycles. The van der Waals surface area contributed by atoms with Crippen LogP contribution in [-0.2, 0) is 22.7 Å². The Morgan fingerprint density at radius 1 is 1.00 bits per heavy atom. The van der Waals surface area contributed by atoms with Crippen molar-refractivity contribution in [2.75, 3.05) is 6.61 Å². The van der Waals surface area contributed by atoms with E-state index < -0.39 is 10.6 Å². The number of nitrogens with zero attached hydrogens (tertiary/aromatic N) is 1. The second-order valence-electron chi connectivity index (χ2n) is 7.86. The van der Waals surface area contributed by atoms with Gasteiger partial charge in [0.1, 0.15) is 12.2 Å². The van der Waals surface area contributed by atoms with Gasteiger partial charge in [0.25, 0.3) is 0 Å². The van der Waals surface area contributed by atoms with Crippen LogP contribution in [0.25, 0.3) is 5.57 Å². The van der Waals surface area contributed by atoms with E-state index in [0.29, 0.717) is 41.5 Å². The Morgan fingerprint density at radius 2 is 1.72 bits per heavy atom. The SMILES string of the molecule is CC1=C(CCOCc2ccccc2)c2ccccc2[N+]([O-])(Cc2ccc(Br)c(Cl)c2)C1=O. The number of para-hydroxylation sites is 1. The first-order valence-corrected chi connectivity index (χ1v) is 11.6. The van der Waals surface area contributed by atoms with Crippen molar-refractivity contribution in [3.05, 3.63) is 110 Å². The standard InChI is InChI=1S/C26H23BrClNO3/c1-18-21(13-14-32-17-19-7-3-2-4-8-19)22-9-5-6-10-25(22)29(31,26(18)30)16-20-11-12-23(27)24(28)15-20/h2-12,15H,13-14,16-17H2,1H3. The maximum absolute atomic E-state index is 14.0. The van der Waals surface area contributed by atoms with E-state index in [9.17, 15) is 10.0 Å². The largest absolute Gasteiger partial charge is 0.619 e. The molecule has 1 aliphatic rings. The number of ether oxygens (including phenoxy) is 1. The van der Waals surface area contributed by atoms with E-state index in [0.717, 1.165) is 21.2 Å². The number of halogens is 2. The van der Waals surface area contributed by atoms with Gasteiger partial charge in [0.2, 0.25) is 0 Å². The number of benzene rings is 3. The summed E-state index contributed by atoms with van der Waals surface area (Å²) in [6, 6.07) is 22.7. The molecule has 3 aromatic rings. The fourth-order valence-corrected chi connectivity index (χ4v) is 4.52. The van der Waals surface area contributed by atoms with Crippen molar-refractivity contribution >= 4 is 44.7 Å². The van der Waals surface area contributed by atoms with E-state index in [2.05, 4.69) is 15.9 Å². The Labute approximate surface area is 201 Å². The maximum Gasteiger partial charge on any atom is 0.347 e. The summed E-state index contributed by atoms with van der Waals surface area (Å²) in [5, 5.41) is 14.5. The molecule has 0 saturated heterocycles. The van der Waals surface area contributed by atoms with Gasteiger partial charge in [-0.05, 0) is 58.6 Å². The summed E-state index contributed by atoms with van der Waals surface area (Å²) < 4.78 is 5.53. The summed E-state index contributed by atoms with van der Waals surface area (Å²) in [4.78, 5) is 13.3. The molecule has 32 heavy (non-hydrogen) atoms. The second kappa shape index (κ2) is 9.69. The number of carbonyl (C=O) groups excluding carboxylic acids is 1. The van der Waals surface area contributed by atoms with Crippen molar-refractivity contribution < 1.29 is 9.53 Å². The quantitative estimate of drug-likeness (QED) is 0.194. The first kappa shape index (κ1) is 22.9. The third-order valence-corrected chi connectivity index (χ3v) is 6.95. The predicted octanol–water partition coefficient (Wildman–Crippen LogP) is 7.03. The highest BCUT2D eigenvalue weighted by Gasteiger charge is 2.40. The molecule has 0 fully saturated rings. The van der Waals surface area contributed by atoms with Gasteiger partial charge in [-0.1, -0.05) is 60.1 Å². The van der Waals surface area contributed by atoms with Gasteiger partial charge in [-0.15, -0.1) is 0 Å². The molecule has 0 N–H and O–H groups in total. The van der Waals surface area contributed by atoms with Gasteiger partial charge < -0.3 is 9.94 Å². The van der Waals surface area contributed by atoms with Gasteiger partial charge in [-0.3, -0.25) is 4.65 Å². The third kappa shape index (κ3) is 4.58. The van der Waals surface area contributed by atoms with Crippen LogP contribution in [0.4, 0.5) is 5.69 Å². The van der Waals surface area contributed by atoms with Gasteiger partial charge in [-0.25, -0.2) is 4.79 Å². The molecule has 4 nitrogen and oxygen atoms in total. The van der Waals surface area contributed by atoms with Crippen LogP contribution in [0.5, 0.6) is 0 Å². The van der Waals surface area contributed by atoms with E-state index in [-0.39, 0.29) is 6.54 Å². The molecule has 4 rings (SSSR count). The monoisotopic (exact) mass is 511 g/mol. The summed E-state index contributed by atoms with van der Waals surface area (Å²) in [5.41, 5.74) is 4.44. The normalized spacial score (nSPS) is 18.1. The molecule has 164 valence electrons. The fraction of sp³-hybridized carbons (Fsp3) is 0.192. The summed E-state index contributed by atoms with van der Waals surface area (Å²) in [6.45, 7) is 2.70. The van der Waals surface area contributed by atoms with Crippen LogP contribution in [0.1, 0.15) is 30.0 Å². The molecule has 1 unspecified atom stereocenters. The molecule has 6 heteroatoms. The number of carbonyl (C=O) groups is 1. The molecule has 0 aliphatic carbocycles. The van der Waals surface area contributed by atoms with E-state index in [1.54, 1.807) is 31.2 Å². The van der Waals surface area contributed by atoms with Crippen LogP contribution in [0.15, 0.2) is 82.8 Å². The third-order valence-electron chi connectivity index (χ3n) is 5.72. The smallest absolute Gasteiger partial charge is 0.347 e. The highest BCUT2D eigenvalue weighted by molar-refractivity contribution is 9.10. The van der Waals surface area contributed by atoms with Gasteiger partial charge in [0.05, 0.1) is 23.8 Å². The maximum atomic E-state index is 14.0. The van der Waals surface area contributed by atoms with Crippen LogP contribution in [0, 0.1) is 5.21 Å². The topological polar surface area (TPSA) is 49.4 Å². The average Bonchev–Trinajstić information content (AvgIpc) is 2.80. The lowest BCUT2D eigenvalue weighted by Crippen LogP contribution is -2.51. The van der Waals surface area contributed by atoms with Crippen LogP contribution < -0.4 is 4.65 Å². The lowest BCUT2D eigenvalue weighted by atomic mass is 9.90. The highest BCUT2D eigenvalue weighted by atomic mass is 79.9. The number of rotatable bonds is 7. The van der Waals surface area contributed by atoms with Gasteiger partial charge >= 0.3 is 5.91 Å². The van der Waals surface area contributed by atoms with Crippen molar-refractivity contribution in [1.82, 2.24) is 4.65 Å². The van der Waals surface area contributed by atoms with Gasteiger partial charge in [0, 0.05) is 21.7 Å². The lowest BCUT2D eigenvalue weighted by Gasteiger charge is -2.43. The molecule has 0 aromatic heterocycles. The minimum Gasteiger partial charge on any atom is -0.619 e. The fourth-order valence-electron chi connectivity index (χ4n) is 4.07. The number of hydrogen-bond acceptors (Lipinski definition) is 3. The number of amides is 1. The zero-order valence-electron chi connectivity index (χ0n) is 17.7. The van der Waals surface area contributed by atoms with Gasteiger partial charge in [0.15, 0.2) is 0 Å². The van der Waals surface area contributed by atoms with Crippen molar-refractivity contribution in [3.8, 4) is 0 Å². The summed E-state index contributed by atoms with van der Waals surface area (Å²) >= 11 is 9.58. The van der Waals surface area contributed by atoms with E-state index in [1.165, 1.54) is 0 Å². The Hall–Kier alpha value is -2.28. The first-order valence-electron chi connectivity index (χ1n) is 10.4. The van der Waals surface area contributed by atoms with Gasteiger partial charge in [-0.2, -0.15) is 0 Å². The summed E-state index contributed by atoms with van der Waals surface area (Å²) in [5.74, 6) is -0.444. The summed E-state index contributed by atoms with van der Waals surface area (Å²) in [7, 11) is 0. The highest BCUT2D eigenvalue weighted by Crippen LogP contribution is 2.42. The van der Waals surface area contributed by atoms with E-state index >= 15 is 0 Å². The molecule has 1 amide bonds. The van der Waals surface area contributed by atoms with E-state index in [1.807, 2.05) is 48.5 Å². The molecule has 1 heterocycles. The Morgan fingerprint density at radius 3 is 2.47 bits per heavy atom. The van der Waals surface area contributed by atoms with Crippen molar-refractivity contribution in [1.29, 1.82) is 0 Å². The molecular formula is C26H23BrClNO3. The molecular weight excluding hydrogens is 490 g/mol. The zero-order chi connectivity index (χ0) is 22.7. The number of quaternary nitrogens is 1. The zero-order valence-corrected chi connectivity index (χ0v) is 20.0. The van der Waals surface area contributed by atoms with Crippen molar-refractivity contribution in [2.24, 2.45) is 0 Å². The molecule has 0 bridgehead atoms. The first-order chi connectivity index (χ1) is 15.4. The van der Waals surface area contributed by atoms with Crippen LogP contribution in [-0.4, -0.2) is 12.5 Å². The Bertz CT molecular complexity index is 1180. The Balaban J connectivity index is 1.58. The lowest BCUT2D eigenvalue weighted by molar-refractivity contribution is -0.124. The number of hydrogen-bond donors (Lipinski definition) is 0.